The van der Waals surface area contributed by atoms with Crippen molar-refractivity contribution < 1.29 is 19.5 Å². The van der Waals surface area contributed by atoms with Gasteiger partial charge in [-0.05, 0) is 63.7 Å². The van der Waals surface area contributed by atoms with Gasteiger partial charge in [0.2, 0.25) is 11.8 Å². The van der Waals surface area contributed by atoms with Crippen LogP contribution in [0.3, 0.4) is 0 Å². The molecule has 0 aliphatic heterocycles. The molecule has 0 aromatic rings. The van der Waals surface area contributed by atoms with Gasteiger partial charge >= 0.3 is 5.97 Å². The number of carboxylic acid groups (broad SMARTS) is 1. The Hall–Kier alpha value is -1.59. The Labute approximate surface area is 161 Å². The highest BCUT2D eigenvalue weighted by atomic mass is 16.4. The first-order valence-corrected chi connectivity index (χ1v) is 10.8. The van der Waals surface area contributed by atoms with Gasteiger partial charge in [-0.2, -0.15) is 0 Å². The molecule has 3 rings (SSSR count). The number of aliphatic carboxylic acids is 1. The maximum atomic E-state index is 12.5. The molecule has 3 saturated carbocycles. The second-order valence-corrected chi connectivity index (χ2v) is 8.88. The van der Waals surface area contributed by atoms with Gasteiger partial charge < -0.3 is 15.7 Å². The van der Waals surface area contributed by atoms with Crippen LogP contribution in [0.4, 0.5) is 0 Å². The topological polar surface area (TPSA) is 95.5 Å². The molecule has 6 nitrogen and oxygen atoms in total. The number of nitrogens with one attached hydrogen (secondary N) is 2. The van der Waals surface area contributed by atoms with Gasteiger partial charge in [0.05, 0.1) is 5.92 Å². The lowest BCUT2D eigenvalue weighted by molar-refractivity contribution is -0.141. The lowest BCUT2D eigenvalue weighted by atomic mass is 9.84. The normalized spacial score (nSPS) is 32.0. The number of carbonyl (C=O) groups excluding carboxylic acids is 2. The first-order chi connectivity index (χ1) is 13.0. The Morgan fingerprint density at radius 3 is 2.00 bits per heavy atom. The summed E-state index contributed by atoms with van der Waals surface area (Å²) in [5.41, 5.74) is 0. The van der Waals surface area contributed by atoms with E-state index in [2.05, 4.69) is 10.6 Å². The van der Waals surface area contributed by atoms with Crippen LogP contribution in [0.15, 0.2) is 0 Å². The molecule has 0 saturated heterocycles. The van der Waals surface area contributed by atoms with E-state index in [0.29, 0.717) is 25.2 Å². The summed E-state index contributed by atoms with van der Waals surface area (Å²) < 4.78 is 0. The fourth-order valence-corrected chi connectivity index (χ4v) is 5.10. The molecule has 0 aromatic carbocycles. The molecule has 3 fully saturated rings. The van der Waals surface area contributed by atoms with E-state index in [1.165, 1.54) is 32.1 Å². The molecule has 2 atom stereocenters. The second-order valence-electron chi connectivity index (χ2n) is 8.88. The second kappa shape index (κ2) is 9.56. The third-order valence-electron chi connectivity index (χ3n) is 6.79. The summed E-state index contributed by atoms with van der Waals surface area (Å²) in [6.07, 6.45) is 12.1. The molecule has 0 heterocycles. The van der Waals surface area contributed by atoms with Crippen LogP contribution in [0.2, 0.25) is 0 Å². The summed E-state index contributed by atoms with van der Waals surface area (Å²) in [7, 11) is 0. The van der Waals surface area contributed by atoms with Crippen LogP contribution in [0.1, 0.15) is 83.5 Å². The first-order valence-electron chi connectivity index (χ1n) is 10.8. The molecule has 6 heteroatoms. The van der Waals surface area contributed by atoms with Crippen LogP contribution in [0.25, 0.3) is 0 Å². The first kappa shape index (κ1) is 20.2. The SMILES string of the molecule is O=C(CC1CCCCC1)NC1CCC(C(=O)N[C@H]2CC[C@@H](C(=O)O)C2)CC1. The number of hydrogen-bond acceptors (Lipinski definition) is 3. The van der Waals surface area contributed by atoms with Gasteiger partial charge in [-0.25, -0.2) is 0 Å². The van der Waals surface area contributed by atoms with Crippen LogP contribution in [-0.2, 0) is 14.4 Å². The van der Waals surface area contributed by atoms with Gasteiger partial charge in [0.15, 0.2) is 0 Å². The molecule has 0 unspecified atom stereocenters. The third kappa shape index (κ3) is 5.94. The van der Waals surface area contributed by atoms with Crippen molar-refractivity contribution in [2.75, 3.05) is 0 Å². The molecule has 0 spiro atoms. The largest absolute Gasteiger partial charge is 0.481 e. The highest BCUT2D eigenvalue weighted by molar-refractivity contribution is 5.79. The highest BCUT2D eigenvalue weighted by Gasteiger charge is 2.33. The van der Waals surface area contributed by atoms with E-state index in [9.17, 15) is 14.4 Å². The minimum atomic E-state index is -0.753. The Kier molecular flexibility index (Phi) is 7.13. The van der Waals surface area contributed by atoms with E-state index in [0.717, 1.165) is 32.1 Å². The molecule has 27 heavy (non-hydrogen) atoms. The van der Waals surface area contributed by atoms with Gasteiger partial charge in [0.25, 0.3) is 0 Å². The van der Waals surface area contributed by atoms with E-state index in [1.807, 2.05) is 0 Å². The summed E-state index contributed by atoms with van der Waals surface area (Å²) in [4.78, 5) is 35.8. The number of carboxylic acids is 1. The van der Waals surface area contributed by atoms with Crippen LogP contribution < -0.4 is 10.6 Å². The van der Waals surface area contributed by atoms with Crippen molar-refractivity contribution in [2.45, 2.75) is 95.6 Å². The van der Waals surface area contributed by atoms with Crippen molar-refractivity contribution in [1.82, 2.24) is 10.6 Å². The van der Waals surface area contributed by atoms with Crippen molar-refractivity contribution in [3.05, 3.63) is 0 Å². The zero-order chi connectivity index (χ0) is 19.2. The van der Waals surface area contributed by atoms with E-state index in [1.54, 1.807) is 0 Å². The number of rotatable bonds is 6. The maximum absolute atomic E-state index is 12.5. The average Bonchev–Trinajstić information content (AvgIpc) is 3.12. The van der Waals surface area contributed by atoms with E-state index in [4.69, 9.17) is 5.11 Å². The molecule has 3 aliphatic rings. The quantitative estimate of drug-likeness (QED) is 0.662. The molecular formula is C21H34N2O4. The molecular weight excluding hydrogens is 344 g/mol. The van der Waals surface area contributed by atoms with Crippen molar-refractivity contribution >= 4 is 17.8 Å². The van der Waals surface area contributed by atoms with Gasteiger partial charge in [-0.15, -0.1) is 0 Å². The lowest BCUT2D eigenvalue weighted by Crippen LogP contribution is -2.43. The van der Waals surface area contributed by atoms with E-state index >= 15 is 0 Å². The van der Waals surface area contributed by atoms with Crippen molar-refractivity contribution in [3.63, 3.8) is 0 Å². The highest BCUT2D eigenvalue weighted by Crippen LogP contribution is 2.29. The van der Waals surface area contributed by atoms with E-state index < -0.39 is 5.97 Å². The molecule has 152 valence electrons. The van der Waals surface area contributed by atoms with Gasteiger partial charge in [0.1, 0.15) is 0 Å². The van der Waals surface area contributed by atoms with E-state index in [-0.39, 0.29) is 35.7 Å². The number of hydrogen-bond donors (Lipinski definition) is 3. The smallest absolute Gasteiger partial charge is 0.306 e. The van der Waals surface area contributed by atoms with Crippen LogP contribution in [0.5, 0.6) is 0 Å². The summed E-state index contributed by atoms with van der Waals surface area (Å²) in [5.74, 6) is -0.262. The Morgan fingerprint density at radius 1 is 0.741 bits per heavy atom. The van der Waals surface area contributed by atoms with Crippen molar-refractivity contribution in [3.8, 4) is 0 Å². The maximum Gasteiger partial charge on any atom is 0.306 e. The predicted octanol–water partition coefficient (Wildman–Crippen LogP) is 3.00. The Balaban J connectivity index is 1.34. The summed E-state index contributed by atoms with van der Waals surface area (Å²) in [6, 6.07) is 0.208. The fraction of sp³-hybridized carbons (Fsp3) is 0.857. The standard InChI is InChI=1S/C21H34N2O4/c24-19(12-14-4-2-1-3-5-14)22-17-9-6-15(7-10-17)20(25)23-18-11-8-16(13-18)21(26)27/h14-18H,1-13H2,(H,22,24)(H,23,25)(H,26,27)/t15?,16-,17?,18+/m1/s1. The summed E-state index contributed by atoms with van der Waals surface area (Å²) in [6.45, 7) is 0. The summed E-state index contributed by atoms with van der Waals surface area (Å²) in [5, 5.41) is 15.3. The molecule has 2 amide bonds. The van der Waals surface area contributed by atoms with Crippen molar-refractivity contribution in [2.24, 2.45) is 17.8 Å². The van der Waals surface area contributed by atoms with Crippen LogP contribution >= 0.6 is 0 Å². The summed E-state index contributed by atoms with van der Waals surface area (Å²) >= 11 is 0. The average molecular weight is 379 g/mol. The molecule has 3 aliphatic carbocycles. The lowest BCUT2D eigenvalue weighted by Gasteiger charge is -2.30. The molecule has 0 bridgehead atoms. The Morgan fingerprint density at radius 2 is 1.37 bits per heavy atom. The Bertz CT molecular complexity index is 536. The molecule has 3 N–H and O–H groups in total. The van der Waals surface area contributed by atoms with Crippen LogP contribution in [0, 0.1) is 17.8 Å². The minimum absolute atomic E-state index is 0.000347. The minimum Gasteiger partial charge on any atom is -0.481 e. The monoisotopic (exact) mass is 378 g/mol. The molecule has 0 radical (unpaired) electrons. The van der Waals surface area contributed by atoms with Crippen molar-refractivity contribution in [1.29, 1.82) is 0 Å². The van der Waals surface area contributed by atoms with Crippen LogP contribution in [-0.4, -0.2) is 35.0 Å². The van der Waals surface area contributed by atoms with Gasteiger partial charge in [-0.1, -0.05) is 19.3 Å². The fourth-order valence-electron chi connectivity index (χ4n) is 5.10. The van der Waals surface area contributed by atoms with Gasteiger partial charge in [-0.3, -0.25) is 14.4 Å². The predicted molar refractivity (Wildman–Crippen MR) is 102 cm³/mol. The third-order valence-corrected chi connectivity index (χ3v) is 6.79. The van der Waals surface area contributed by atoms with Gasteiger partial charge in [0, 0.05) is 24.4 Å². The molecule has 0 aromatic heterocycles. The number of carbonyl (C=O) groups is 3. The zero-order valence-corrected chi connectivity index (χ0v) is 16.3. The number of amides is 2. The zero-order valence-electron chi connectivity index (χ0n) is 16.3.